The van der Waals surface area contributed by atoms with Gasteiger partial charge in [-0.2, -0.15) is 22.5 Å². The maximum atomic E-state index is 13.4. The Hall–Kier alpha value is -2.40. The first-order valence-corrected chi connectivity index (χ1v) is 12.1. The van der Waals surface area contributed by atoms with Crippen molar-refractivity contribution in [1.82, 2.24) is 14.3 Å². The molecule has 1 aromatic heterocycles. The number of anilines is 3. The van der Waals surface area contributed by atoms with Gasteiger partial charge in [0.15, 0.2) is 0 Å². The number of benzene rings is 1. The summed E-state index contributed by atoms with van der Waals surface area (Å²) in [5.74, 6) is -0.170. The first-order valence-electron chi connectivity index (χ1n) is 10.2. The lowest BCUT2D eigenvalue weighted by molar-refractivity contribution is -0.137. The highest BCUT2D eigenvalue weighted by molar-refractivity contribution is 7.88. The summed E-state index contributed by atoms with van der Waals surface area (Å²) in [6, 6.07) is 5.13. The zero-order valence-electron chi connectivity index (χ0n) is 16.8. The van der Waals surface area contributed by atoms with E-state index in [-0.39, 0.29) is 29.9 Å². The normalized spacial score (nSPS) is 23.5. The molecular formula is C20H22F3N5O2S. The van der Waals surface area contributed by atoms with Crippen molar-refractivity contribution in [3.8, 4) is 0 Å². The number of hydrogen-bond acceptors (Lipinski definition) is 6. The van der Waals surface area contributed by atoms with Gasteiger partial charge in [0.05, 0.1) is 18.3 Å². The van der Waals surface area contributed by atoms with E-state index in [1.165, 1.54) is 6.26 Å². The van der Waals surface area contributed by atoms with Crippen molar-refractivity contribution < 1.29 is 21.6 Å². The Morgan fingerprint density at radius 1 is 1.10 bits per heavy atom. The number of aromatic nitrogens is 2. The summed E-state index contributed by atoms with van der Waals surface area (Å²) < 4.78 is 66.0. The second-order valence-electron chi connectivity index (χ2n) is 8.40. The van der Waals surface area contributed by atoms with E-state index in [2.05, 4.69) is 20.6 Å². The highest BCUT2D eigenvalue weighted by Gasteiger charge is 2.48. The first kappa shape index (κ1) is 20.5. The lowest BCUT2D eigenvalue weighted by atomic mass is 9.91. The Morgan fingerprint density at radius 3 is 2.42 bits per heavy atom. The summed E-state index contributed by atoms with van der Waals surface area (Å²) in [6.07, 6.45) is 1.61. The van der Waals surface area contributed by atoms with Crippen molar-refractivity contribution >= 4 is 27.5 Å². The van der Waals surface area contributed by atoms with Gasteiger partial charge in [0.1, 0.15) is 11.4 Å². The molecule has 3 heterocycles. The van der Waals surface area contributed by atoms with Crippen LogP contribution in [0.3, 0.4) is 0 Å². The summed E-state index contributed by atoms with van der Waals surface area (Å²) >= 11 is 0. The minimum absolute atomic E-state index is 0.0126. The summed E-state index contributed by atoms with van der Waals surface area (Å²) in [5, 5.41) is 5.86. The molecule has 2 atom stereocenters. The number of nitrogens with one attached hydrogen (secondary N) is 2. The van der Waals surface area contributed by atoms with Crippen LogP contribution in [-0.4, -0.2) is 35.0 Å². The average molecular weight is 453 g/mol. The monoisotopic (exact) mass is 453 g/mol. The fraction of sp³-hybridized carbons (Fsp3) is 0.500. The predicted octanol–water partition coefficient (Wildman–Crippen LogP) is 4.35. The fourth-order valence-electron chi connectivity index (χ4n) is 4.71. The number of sulfonamides is 1. The van der Waals surface area contributed by atoms with Crippen LogP contribution in [-0.2, 0) is 16.2 Å². The number of alkyl halides is 3. The van der Waals surface area contributed by atoms with Crippen LogP contribution < -0.4 is 10.6 Å². The molecule has 3 aliphatic rings. The molecule has 7 nitrogen and oxygen atoms in total. The zero-order chi connectivity index (χ0) is 22.0. The van der Waals surface area contributed by atoms with Gasteiger partial charge in [-0.3, -0.25) is 0 Å². The molecule has 2 aromatic rings. The Morgan fingerprint density at radius 2 is 1.81 bits per heavy atom. The summed E-state index contributed by atoms with van der Waals surface area (Å²) in [4.78, 5) is 7.95. The zero-order valence-corrected chi connectivity index (χ0v) is 17.6. The van der Waals surface area contributed by atoms with Crippen molar-refractivity contribution in [2.24, 2.45) is 0 Å². The lowest BCUT2D eigenvalue weighted by Gasteiger charge is -2.28. The minimum atomic E-state index is -4.55. The van der Waals surface area contributed by atoms with E-state index in [4.69, 9.17) is 0 Å². The van der Waals surface area contributed by atoms with E-state index in [9.17, 15) is 21.6 Å². The van der Waals surface area contributed by atoms with Gasteiger partial charge in [0.2, 0.25) is 16.0 Å². The number of rotatable bonds is 5. The highest BCUT2D eigenvalue weighted by Crippen LogP contribution is 2.54. The van der Waals surface area contributed by atoms with Crippen LogP contribution in [0.2, 0.25) is 0 Å². The van der Waals surface area contributed by atoms with Crippen molar-refractivity contribution in [1.29, 1.82) is 0 Å². The van der Waals surface area contributed by atoms with E-state index >= 15 is 0 Å². The third-order valence-corrected chi connectivity index (χ3v) is 7.59. The second kappa shape index (κ2) is 7.06. The second-order valence-corrected chi connectivity index (χ2v) is 10.3. The van der Waals surface area contributed by atoms with Crippen LogP contribution in [0.25, 0.3) is 0 Å². The summed E-state index contributed by atoms with van der Waals surface area (Å²) in [7, 11) is -3.34. The summed E-state index contributed by atoms with van der Waals surface area (Å²) in [5.41, 5.74) is 1.62. The molecule has 1 saturated carbocycles. The van der Waals surface area contributed by atoms with Crippen LogP contribution in [0.1, 0.15) is 60.9 Å². The summed E-state index contributed by atoms with van der Waals surface area (Å²) in [6.45, 7) is 0. The Labute approximate surface area is 178 Å². The molecule has 2 N–H and O–H groups in total. The topological polar surface area (TPSA) is 87.2 Å². The van der Waals surface area contributed by atoms with Crippen molar-refractivity contribution in [3.05, 3.63) is 41.1 Å². The van der Waals surface area contributed by atoms with Crippen LogP contribution in [0.15, 0.2) is 24.4 Å². The molecule has 1 aliphatic carbocycles. The largest absolute Gasteiger partial charge is 0.421 e. The van der Waals surface area contributed by atoms with Crippen LogP contribution >= 0.6 is 0 Å². The molecule has 166 valence electrons. The van der Waals surface area contributed by atoms with Gasteiger partial charge in [0.25, 0.3) is 0 Å². The lowest BCUT2D eigenvalue weighted by Crippen LogP contribution is -2.29. The fourth-order valence-corrected chi connectivity index (χ4v) is 6.08. The van der Waals surface area contributed by atoms with Crippen LogP contribution in [0.4, 0.5) is 30.6 Å². The van der Waals surface area contributed by atoms with Gasteiger partial charge < -0.3 is 10.6 Å². The number of fused-ring (bicyclic) bond motifs is 5. The third kappa shape index (κ3) is 3.63. The standard InChI is InChI=1S/C20H22F3N5O2S/c1-31(29,30)28-16-7-8-17(28)14-9-12(5-6-13(14)16)26-19-24-10-15(20(21,22)23)18(27-19)25-11-3-2-4-11/h5-6,9-11,16-17H,2-4,7-8H2,1H3,(H2,24,25,26,27)/t16-,17+/m0/s1. The molecule has 0 spiro atoms. The Bertz CT molecular complexity index is 1130. The molecule has 0 amide bonds. The van der Waals surface area contributed by atoms with Crippen molar-refractivity contribution in [2.75, 3.05) is 16.9 Å². The van der Waals surface area contributed by atoms with Crippen molar-refractivity contribution in [2.45, 2.75) is 56.4 Å². The molecule has 1 aromatic carbocycles. The molecule has 2 aliphatic heterocycles. The van der Waals surface area contributed by atoms with Gasteiger partial charge >= 0.3 is 6.18 Å². The highest BCUT2D eigenvalue weighted by atomic mass is 32.2. The molecule has 2 bridgehead atoms. The first-order chi connectivity index (χ1) is 14.6. The van der Waals surface area contributed by atoms with Gasteiger partial charge in [-0.1, -0.05) is 6.07 Å². The number of nitrogens with zero attached hydrogens (tertiary/aromatic N) is 3. The molecule has 1 saturated heterocycles. The number of halogens is 3. The van der Waals surface area contributed by atoms with Crippen LogP contribution in [0.5, 0.6) is 0 Å². The smallest absolute Gasteiger partial charge is 0.367 e. The molecule has 31 heavy (non-hydrogen) atoms. The molecule has 0 radical (unpaired) electrons. The molecule has 5 rings (SSSR count). The van der Waals surface area contributed by atoms with Crippen LogP contribution in [0, 0.1) is 0 Å². The van der Waals surface area contributed by atoms with E-state index in [1.807, 2.05) is 12.1 Å². The Balaban J connectivity index is 1.43. The van der Waals surface area contributed by atoms with Gasteiger partial charge in [-0.15, -0.1) is 0 Å². The molecule has 2 fully saturated rings. The number of hydrogen-bond donors (Lipinski definition) is 2. The average Bonchev–Trinajstić information content (AvgIpc) is 3.21. The Kier molecular flexibility index (Phi) is 4.67. The van der Waals surface area contributed by atoms with E-state index < -0.39 is 21.8 Å². The predicted molar refractivity (Wildman–Crippen MR) is 109 cm³/mol. The van der Waals surface area contributed by atoms with Gasteiger partial charge in [0, 0.05) is 17.9 Å². The van der Waals surface area contributed by atoms with Gasteiger partial charge in [-0.25, -0.2) is 13.4 Å². The minimum Gasteiger partial charge on any atom is -0.367 e. The van der Waals surface area contributed by atoms with E-state index in [0.29, 0.717) is 5.69 Å². The molecular weight excluding hydrogens is 431 g/mol. The van der Waals surface area contributed by atoms with E-state index in [1.54, 1.807) is 10.4 Å². The maximum Gasteiger partial charge on any atom is 0.421 e. The maximum absolute atomic E-state index is 13.4. The molecule has 11 heteroatoms. The van der Waals surface area contributed by atoms with Gasteiger partial charge in [-0.05, 0) is 55.4 Å². The van der Waals surface area contributed by atoms with E-state index in [0.717, 1.165) is 49.4 Å². The SMILES string of the molecule is CS(=O)(=O)N1[C@@H]2CC[C@H]1c1ccc(Nc3ncc(C(F)(F)F)c(NC4CCC4)n3)cc12. The molecule has 0 unspecified atom stereocenters. The quantitative estimate of drug-likeness (QED) is 0.700. The third-order valence-electron chi connectivity index (χ3n) is 6.31. The van der Waals surface area contributed by atoms with Crippen molar-refractivity contribution in [3.63, 3.8) is 0 Å².